The maximum absolute atomic E-state index is 5.13. The van der Waals surface area contributed by atoms with E-state index in [9.17, 15) is 0 Å². The fourth-order valence-corrected chi connectivity index (χ4v) is 19.3. The normalized spacial score (nSPS) is 12.7. The molecular formula is C114H80N15Pt3-9. The van der Waals surface area contributed by atoms with Gasteiger partial charge in [0.05, 0.1) is 50.6 Å². The molecule has 0 bridgehead atoms. The first-order valence-corrected chi connectivity index (χ1v) is 43.2. The van der Waals surface area contributed by atoms with Crippen molar-refractivity contribution < 1.29 is 63.2 Å². The molecule has 0 amide bonds. The quantitative estimate of drug-likeness (QED) is 0.118. The molecule has 6 aromatic heterocycles. The number of aromatic nitrogens is 9. The second-order valence-corrected chi connectivity index (χ2v) is 33.1. The number of imidazole rings is 3. The Kier molecular flexibility index (Phi) is 21.9. The van der Waals surface area contributed by atoms with Gasteiger partial charge in [-0.15, -0.1) is 143 Å². The van der Waals surface area contributed by atoms with Crippen molar-refractivity contribution in [3.05, 3.63) is 414 Å². The van der Waals surface area contributed by atoms with Crippen LogP contribution in [0.15, 0.2) is 358 Å². The van der Waals surface area contributed by atoms with Crippen LogP contribution in [0.5, 0.6) is 0 Å². The smallest absolute Gasteiger partial charge is 0.0777 e. The first kappa shape index (κ1) is 84.3. The summed E-state index contributed by atoms with van der Waals surface area (Å²) >= 11 is 0. The van der Waals surface area contributed by atoms with Gasteiger partial charge in [-0.1, -0.05) is 215 Å². The van der Waals surface area contributed by atoms with Gasteiger partial charge >= 0.3 is 0 Å². The molecule has 0 N–H and O–H groups in total. The van der Waals surface area contributed by atoms with E-state index >= 15 is 0 Å². The molecule has 0 atom stereocenters. The van der Waals surface area contributed by atoms with Gasteiger partial charge in [-0.05, 0) is 155 Å². The number of para-hydroxylation sites is 13. The molecule has 26 rings (SSSR count). The largest absolute Gasteiger partial charge is 0.504 e. The topological polar surface area (TPSA) is 87.7 Å². The molecule has 3 aliphatic heterocycles. The summed E-state index contributed by atoms with van der Waals surface area (Å²) in [6, 6.07) is 148. The van der Waals surface area contributed by atoms with Crippen LogP contribution in [0.1, 0.15) is 0 Å². The summed E-state index contributed by atoms with van der Waals surface area (Å²) in [6.07, 6.45) is 0. The molecule has 0 aliphatic carbocycles. The van der Waals surface area contributed by atoms with Crippen LogP contribution < -0.4 is 29.4 Å². The number of anilines is 9. The fourth-order valence-electron chi connectivity index (χ4n) is 19.3. The first-order chi connectivity index (χ1) is 63.5. The Morgan fingerprint density at radius 1 is 0.227 bits per heavy atom. The third-order valence-electron chi connectivity index (χ3n) is 25.5. The van der Waals surface area contributed by atoms with E-state index < -0.39 is 0 Å². The van der Waals surface area contributed by atoms with Crippen LogP contribution in [0.4, 0.5) is 51.2 Å². The van der Waals surface area contributed by atoms with Gasteiger partial charge < -0.3 is 56.8 Å². The molecule has 0 unspecified atom stereocenters. The SMILES string of the molecule is CN1[CH-]N(c2[c-]c(-n3c4[c-]c(-c5nc6cccc(-c7ccccc7)c6n5C)ccc4c4ccccc43)ccc2)c2ccccc21.CN1[CH-]N(c2[c-]c(-n3c4[c-]c(-c5nc6ccccc6n5C)ccc4c4cc(-c5ccccc5)ccc43)ccc2)c2ccccc21.CN1[CH-]N(c2[c-]c(-n3c4[c-]c(-c5nc6ccccc6n5C)ccc4c4ccccc43)ccc2)c2ccccc21.[Pt].[Pt].[Pt]. The Morgan fingerprint density at radius 2 is 0.553 bits per heavy atom. The molecule has 15 nitrogen and oxygen atoms in total. The van der Waals surface area contributed by atoms with E-state index in [-0.39, 0.29) is 63.2 Å². The van der Waals surface area contributed by atoms with Crippen LogP contribution in [0.3, 0.4) is 0 Å². The Morgan fingerprint density at radius 3 is 0.977 bits per heavy atom. The Bertz CT molecular complexity index is 8410. The van der Waals surface area contributed by atoms with Crippen LogP contribution >= 0.6 is 0 Å². The van der Waals surface area contributed by atoms with Crippen molar-refractivity contribution in [1.29, 1.82) is 0 Å². The van der Waals surface area contributed by atoms with Crippen LogP contribution in [0, 0.1) is 56.4 Å². The average molecular weight is 2250 g/mol. The van der Waals surface area contributed by atoms with E-state index in [0.29, 0.717) is 0 Å². The fraction of sp³-hybridized carbons (Fsp3) is 0.0526. The van der Waals surface area contributed by atoms with Crippen LogP contribution in [0.2, 0.25) is 0 Å². The number of nitrogens with zero attached hydrogens (tertiary/aromatic N) is 15. The second-order valence-electron chi connectivity index (χ2n) is 33.1. The molecular weight excluding hydrogens is 2160 g/mol. The molecule has 18 heteroatoms. The maximum Gasteiger partial charge on any atom is 0.0777 e. The van der Waals surface area contributed by atoms with Gasteiger partial charge in [-0.2, -0.15) is 38.2 Å². The van der Waals surface area contributed by atoms with Crippen LogP contribution in [0.25, 0.3) is 172 Å². The number of aryl methyl sites for hydroxylation is 3. The van der Waals surface area contributed by atoms with Crippen molar-refractivity contribution in [2.75, 3.05) is 50.5 Å². The van der Waals surface area contributed by atoms with Gasteiger partial charge in [-0.3, -0.25) is 15.0 Å². The predicted molar refractivity (Wildman–Crippen MR) is 529 cm³/mol. The van der Waals surface area contributed by atoms with E-state index in [0.717, 1.165) is 168 Å². The molecule has 23 aromatic rings. The van der Waals surface area contributed by atoms with Crippen molar-refractivity contribution >= 4 is 150 Å². The Balaban J connectivity index is 0.000000118. The molecule has 3 aliphatic rings. The standard InChI is InChI=1S/2C40H28N5.C34H24N5.3Pt/c1-42-26-44(37-21-9-8-20-36(37)42)29-14-10-15-30(25-29)45-35-19-7-6-16-32(35)33-23-22-28(24-38(33)45)40-41-34-18-11-17-31(39(34)43(40)2)27-12-4-3-5-13-27;1-42-26-44(38-18-9-8-17-37(38)42)30-13-10-14-31(25-30)45-35-22-20-28(27-11-4-3-5-12-27)23-33(35)32-21-19-29(24-39(32)45)40-41-34-15-6-7-16-36(34)43(40)2;1-36-22-38(32-17-8-7-16-31(32)36)24-10-9-11-25(21-24)39-29-14-5-3-12-26(29)27-19-18-23(20-33(27)39)34-35-28-13-4-6-15-30(28)37(34)2;;;/h2*3-23,26H,1-2H3;3-19,22H,1-2H3;;;/q3*-3;;;. The van der Waals surface area contributed by atoms with Crippen molar-refractivity contribution in [1.82, 2.24) is 42.4 Å². The number of benzene rings is 17. The van der Waals surface area contributed by atoms with Gasteiger partial charge in [-0.25, -0.2) is 0 Å². The molecule has 0 fully saturated rings. The number of hydrogen-bond donors (Lipinski definition) is 0. The monoisotopic (exact) mass is 2240 g/mol. The summed E-state index contributed by atoms with van der Waals surface area (Å²) in [4.78, 5) is 28.1. The number of rotatable bonds is 11. The molecule has 9 heterocycles. The van der Waals surface area contributed by atoms with Gasteiger partial charge in [0.25, 0.3) is 0 Å². The summed E-state index contributed by atoms with van der Waals surface area (Å²) in [5.41, 5.74) is 33.0. The zero-order valence-electron chi connectivity index (χ0n) is 72.5. The summed E-state index contributed by atoms with van der Waals surface area (Å²) in [5.74, 6) is 2.68. The van der Waals surface area contributed by atoms with E-state index in [1.54, 1.807) is 0 Å². The minimum Gasteiger partial charge on any atom is -0.504 e. The number of hydrogen-bond acceptors (Lipinski definition) is 9. The second kappa shape index (κ2) is 34.4. The van der Waals surface area contributed by atoms with E-state index in [1.165, 1.54) is 55.5 Å². The van der Waals surface area contributed by atoms with Crippen molar-refractivity contribution in [3.63, 3.8) is 0 Å². The van der Waals surface area contributed by atoms with Crippen molar-refractivity contribution in [2.45, 2.75) is 0 Å². The molecule has 0 saturated carbocycles. The Hall–Kier alpha value is -14.6. The summed E-state index contributed by atoms with van der Waals surface area (Å²) in [7, 11) is 12.5. The van der Waals surface area contributed by atoms with Crippen LogP contribution in [-0.4, -0.2) is 63.5 Å². The van der Waals surface area contributed by atoms with Crippen molar-refractivity contribution in [3.8, 4) is 73.5 Å². The Labute approximate surface area is 807 Å². The molecule has 0 saturated heterocycles. The minimum atomic E-state index is 0. The summed E-state index contributed by atoms with van der Waals surface area (Å²) in [6.45, 7) is 6.35. The zero-order chi connectivity index (χ0) is 86.2. The van der Waals surface area contributed by atoms with Gasteiger partial charge in [0.15, 0.2) is 0 Å². The average Bonchev–Trinajstić information content (AvgIpc) is 1.57. The summed E-state index contributed by atoms with van der Waals surface area (Å²) < 4.78 is 13.3. The molecule has 132 heavy (non-hydrogen) atoms. The van der Waals surface area contributed by atoms with Crippen molar-refractivity contribution in [2.24, 2.45) is 21.1 Å². The number of fused-ring (bicyclic) bond motifs is 15. The first-order valence-electron chi connectivity index (χ1n) is 43.2. The molecule has 17 aromatic carbocycles. The van der Waals surface area contributed by atoms with E-state index in [2.05, 4.69) is 501 Å². The van der Waals surface area contributed by atoms with Gasteiger partial charge in [0, 0.05) is 141 Å². The maximum atomic E-state index is 5.13. The van der Waals surface area contributed by atoms with Crippen LogP contribution in [-0.2, 0) is 84.3 Å². The van der Waals surface area contributed by atoms with E-state index in [4.69, 9.17) is 15.0 Å². The van der Waals surface area contributed by atoms with Gasteiger partial charge in [0.2, 0.25) is 0 Å². The molecule has 0 radical (unpaired) electrons. The molecule has 0 spiro atoms. The summed E-state index contributed by atoms with van der Waals surface area (Å²) in [5, 5.41) is 7.00. The third kappa shape index (κ3) is 14.2. The molecule has 650 valence electrons. The van der Waals surface area contributed by atoms with E-state index in [1.807, 2.05) is 12.1 Å². The van der Waals surface area contributed by atoms with Gasteiger partial charge in [0.1, 0.15) is 0 Å². The third-order valence-corrected chi connectivity index (χ3v) is 25.5. The predicted octanol–water partition coefficient (Wildman–Crippen LogP) is 26.3. The minimum absolute atomic E-state index is 0. The zero-order valence-corrected chi connectivity index (χ0v) is 79.3.